The average molecular weight is 500 g/mol. The number of ether oxygens (including phenoxy) is 2. The monoisotopic (exact) mass is 499 g/mol. The van der Waals surface area contributed by atoms with E-state index < -0.39 is 5.91 Å². The molecule has 0 aliphatic carbocycles. The second-order valence-electron chi connectivity index (χ2n) is 7.57. The number of rotatable bonds is 4. The van der Waals surface area contributed by atoms with Gasteiger partial charge in [-0.25, -0.2) is 4.39 Å². The Hall–Kier alpha value is -3.21. The fourth-order valence-corrected chi connectivity index (χ4v) is 4.71. The molecule has 0 aromatic heterocycles. The highest BCUT2D eigenvalue weighted by Crippen LogP contribution is 2.31. The number of carbonyl (C=O) groups excluding carboxylic acids is 1. The Kier molecular flexibility index (Phi) is 6.36. The van der Waals surface area contributed by atoms with Gasteiger partial charge in [-0.1, -0.05) is 35.9 Å². The van der Waals surface area contributed by atoms with Gasteiger partial charge >= 0.3 is 0 Å². The van der Waals surface area contributed by atoms with E-state index in [0.717, 1.165) is 0 Å². The van der Waals surface area contributed by atoms with Crippen LogP contribution in [0.4, 0.5) is 4.39 Å². The van der Waals surface area contributed by atoms with Crippen LogP contribution in [-0.2, 0) is 16.1 Å². The Labute approximate surface area is 204 Å². The molecular weight excluding hydrogens is 481 g/mol. The summed E-state index contributed by atoms with van der Waals surface area (Å²) in [4.78, 5) is 18.8. The Morgan fingerprint density at radius 1 is 1.21 bits per heavy atom. The molecule has 3 aliphatic heterocycles. The van der Waals surface area contributed by atoms with Crippen LogP contribution in [0.2, 0.25) is 5.02 Å². The van der Waals surface area contributed by atoms with Crippen LogP contribution < -0.4 is 4.74 Å². The smallest absolute Gasteiger partial charge is 0.283 e. The van der Waals surface area contributed by atoms with Gasteiger partial charge in [-0.05, 0) is 41.6 Å². The molecule has 174 valence electrons. The highest BCUT2D eigenvalue weighted by Gasteiger charge is 2.37. The van der Waals surface area contributed by atoms with E-state index in [1.165, 1.54) is 22.8 Å². The van der Waals surface area contributed by atoms with Crippen LogP contribution in [0.5, 0.6) is 5.75 Å². The SMILES string of the molecule is N=C1/C(=C/c2ccc(OCc3ccccc3F)c(Cl)c2)C(=O)N=C2SC(N3CCOCC3)=NN12. The maximum atomic E-state index is 13.8. The first kappa shape index (κ1) is 22.6. The molecule has 2 aromatic carbocycles. The number of thioether (sulfide) groups is 1. The molecule has 1 fully saturated rings. The van der Waals surface area contributed by atoms with Crippen molar-refractivity contribution in [2.75, 3.05) is 26.3 Å². The van der Waals surface area contributed by atoms with E-state index in [1.807, 2.05) is 0 Å². The molecule has 5 rings (SSSR count). The van der Waals surface area contributed by atoms with E-state index in [2.05, 4.69) is 15.0 Å². The first-order chi connectivity index (χ1) is 16.5. The van der Waals surface area contributed by atoms with Gasteiger partial charge in [0.25, 0.3) is 5.91 Å². The number of carbonyl (C=O) groups is 1. The summed E-state index contributed by atoms with van der Waals surface area (Å²) in [6.45, 7) is 2.63. The molecule has 2 aromatic rings. The van der Waals surface area contributed by atoms with Crippen LogP contribution in [0.15, 0.2) is 58.1 Å². The maximum Gasteiger partial charge on any atom is 0.283 e. The zero-order valence-corrected chi connectivity index (χ0v) is 19.4. The topological polar surface area (TPSA) is 90.6 Å². The van der Waals surface area contributed by atoms with Crippen molar-refractivity contribution in [3.63, 3.8) is 0 Å². The first-order valence-electron chi connectivity index (χ1n) is 10.5. The molecule has 0 bridgehead atoms. The number of aliphatic imine (C=N–C) groups is 1. The van der Waals surface area contributed by atoms with Gasteiger partial charge in [0.05, 0.1) is 23.8 Å². The highest BCUT2D eigenvalue weighted by molar-refractivity contribution is 8.26. The summed E-state index contributed by atoms with van der Waals surface area (Å²) >= 11 is 7.62. The fraction of sp³-hybridized carbons (Fsp3) is 0.217. The van der Waals surface area contributed by atoms with Crippen LogP contribution in [-0.4, -0.2) is 58.3 Å². The van der Waals surface area contributed by atoms with Crippen molar-refractivity contribution < 1.29 is 18.7 Å². The van der Waals surface area contributed by atoms with E-state index in [1.54, 1.807) is 42.5 Å². The minimum Gasteiger partial charge on any atom is -0.487 e. The molecule has 3 heterocycles. The minimum absolute atomic E-state index is 0.0313. The van der Waals surface area contributed by atoms with Crippen LogP contribution >= 0.6 is 23.4 Å². The molecule has 1 saturated heterocycles. The fourth-order valence-electron chi connectivity index (χ4n) is 3.53. The van der Waals surface area contributed by atoms with Crippen LogP contribution in [0, 0.1) is 11.2 Å². The Morgan fingerprint density at radius 3 is 2.76 bits per heavy atom. The van der Waals surface area contributed by atoms with Crippen molar-refractivity contribution in [1.82, 2.24) is 9.91 Å². The lowest BCUT2D eigenvalue weighted by Crippen LogP contribution is -2.39. The van der Waals surface area contributed by atoms with Gasteiger partial charge in [0.15, 0.2) is 11.0 Å². The van der Waals surface area contributed by atoms with Gasteiger partial charge < -0.3 is 14.4 Å². The Morgan fingerprint density at radius 2 is 2.00 bits per heavy atom. The molecule has 0 unspecified atom stereocenters. The van der Waals surface area contributed by atoms with E-state index in [9.17, 15) is 9.18 Å². The third-order valence-electron chi connectivity index (χ3n) is 5.33. The van der Waals surface area contributed by atoms with Crippen molar-refractivity contribution in [2.24, 2.45) is 10.1 Å². The lowest BCUT2D eigenvalue weighted by molar-refractivity contribution is -0.114. The van der Waals surface area contributed by atoms with Gasteiger partial charge in [-0.2, -0.15) is 10.0 Å². The summed E-state index contributed by atoms with van der Waals surface area (Å²) in [5.41, 5.74) is 1.12. The number of hydrazone groups is 1. The van der Waals surface area contributed by atoms with E-state index in [4.69, 9.17) is 26.5 Å². The Balaban J connectivity index is 1.33. The summed E-state index contributed by atoms with van der Waals surface area (Å²) in [7, 11) is 0. The van der Waals surface area contributed by atoms with Gasteiger partial charge in [0.2, 0.25) is 5.17 Å². The molecular formula is C23H19ClFN5O3S. The van der Waals surface area contributed by atoms with E-state index in [0.29, 0.717) is 58.5 Å². The summed E-state index contributed by atoms with van der Waals surface area (Å²) in [5, 5.41) is 15.8. The summed E-state index contributed by atoms with van der Waals surface area (Å²) in [5.74, 6) is -0.540. The first-order valence-corrected chi connectivity index (χ1v) is 11.7. The van der Waals surface area contributed by atoms with Crippen molar-refractivity contribution >= 4 is 51.5 Å². The molecule has 0 radical (unpaired) electrons. The zero-order chi connectivity index (χ0) is 23.7. The number of morpholine rings is 1. The maximum absolute atomic E-state index is 13.8. The largest absolute Gasteiger partial charge is 0.487 e. The number of hydrogen-bond donors (Lipinski definition) is 1. The highest BCUT2D eigenvalue weighted by atomic mass is 35.5. The number of amides is 1. The molecule has 8 nitrogen and oxygen atoms in total. The van der Waals surface area contributed by atoms with Crippen molar-refractivity contribution in [3.8, 4) is 5.75 Å². The average Bonchev–Trinajstić information content (AvgIpc) is 3.27. The second kappa shape index (κ2) is 9.57. The van der Waals surface area contributed by atoms with Crippen LogP contribution in [0.1, 0.15) is 11.1 Å². The summed E-state index contributed by atoms with van der Waals surface area (Å²) < 4.78 is 24.8. The number of nitrogens with one attached hydrogen (secondary N) is 1. The molecule has 34 heavy (non-hydrogen) atoms. The quantitative estimate of drug-likeness (QED) is 0.640. The number of nitrogens with zero attached hydrogens (tertiary/aromatic N) is 4. The van der Waals surface area contributed by atoms with Gasteiger partial charge in [-0.15, -0.1) is 5.10 Å². The molecule has 11 heteroatoms. The van der Waals surface area contributed by atoms with E-state index >= 15 is 0 Å². The third-order valence-corrected chi connectivity index (χ3v) is 6.60. The van der Waals surface area contributed by atoms with Gasteiger partial charge in [0, 0.05) is 18.7 Å². The predicted octanol–water partition coefficient (Wildman–Crippen LogP) is 3.97. The number of hydrogen-bond acceptors (Lipinski definition) is 7. The molecule has 1 amide bonds. The molecule has 0 atom stereocenters. The number of benzene rings is 2. The third kappa shape index (κ3) is 4.56. The predicted molar refractivity (Wildman–Crippen MR) is 130 cm³/mol. The van der Waals surface area contributed by atoms with Crippen LogP contribution in [0.25, 0.3) is 6.08 Å². The van der Waals surface area contributed by atoms with Crippen LogP contribution in [0.3, 0.4) is 0 Å². The number of halogens is 2. The standard InChI is InChI=1S/C23H19ClFN5O3S/c24-17-12-14(5-6-19(17)33-13-15-3-1-2-4-18(15)25)11-16-20(26)30-22(27-21(16)31)34-23(28-30)29-7-9-32-10-8-29/h1-6,11-12,26H,7-10,13H2/b16-11-,26-20?. The van der Waals surface area contributed by atoms with E-state index in [-0.39, 0.29) is 23.8 Å². The van der Waals surface area contributed by atoms with Gasteiger partial charge in [0.1, 0.15) is 18.2 Å². The van der Waals surface area contributed by atoms with Crippen molar-refractivity contribution in [3.05, 3.63) is 70.0 Å². The summed E-state index contributed by atoms with van der Waals surface area (Å²) in [6, 6.07) is 11.3. The minimum atomic E-state index is -0.516. The normalized spacial score (nSPS) is 19.3. The molecule has 0 saturated carbocycles. The van der Waals surface area contributed by atoms with Crippen molar-refractivity contribution in [2.45, 2.75) is 6.61 Å². The zero-order valence-electron chi connectivity index (χ0n) is 17.8. The lowest BCUT2D eigenvalue weighted by atomic mass is 10.1. The van der Waals surface area contributed by atoms with Gasteiger partial charge in [-0.3, -0.25) is 10.2 Å². The Bertz CT molecular complexity index is 1260. The molecule has 3 aliphatic rings. The lowest BCUT2D eigenvalue weighted by Gasteiger charge is -2.26. The van der Waals surface area contributed by atoms with Crippen molar-refractivity contribution in [1.29, 1.82) is 5.41 Å². The molecule has 0 spiro atoms. The number of fused-ring (bicyclic) bond motifs is 1. The number of amidine groups is 3. The summed E-state index contributed by atoms with van der Waals surface area (Å²) in [6.07, 6.45) is 1.55. The molecule has 1 N–H and O–H groups in total. The second-order valence-corrected chi connectivity index (χ2v) is 8.91.